The van der Waals surface area contributed by atoms with Crippen LogP contribution in [0.3, 0.4) is 0 Å². The SMILES string of the molecule is Cc1cc(-c2ccc(-c3ccc4c(-c5ccccc5)c5ccccc5c(-c5ccccc5)c4c3)cc2)nc(C)n1. The maximum absolute atomic E-state index is 4.65. The summed E-state index contributed by atoms with van der Waals surface area (Å²) in [6, 6.07) is 48.0. The molecule has 0 saturated carbocycles. The third-order valence-electron chi connectivity index (χ3n) is 7.63. The maximum atomic E-state index is 4.65. The van der Waals surface area contributed by atoms with Gasteiger partial charge in [-0.15, -0.1) is 0 Å². The summed E-state index contributed by atoms with van der Waals surface area (Å²) in [5.74, 6) is 0.795. The van der Waals surface area contributed by atoms with E-state index >= 15 is 0 Å². The van der Waals surface area contributed by atoms with Crippen molar-refractivity contribution in [2.45, 2.75) is 13.8 Å². The molecule has 0 aliphatic heterocycles. The van der Waals surface area contributed by atoms with Gasteiger partial charge in [-0.25, -0.2) is 9.97 Å². The molecule has 0 unspecified atom stereocenters. The second kappa shape index (κ2) is 9.91. The van der Waals surface area contributed by atoms with Crippen molar-refractivity contribution in [2.24, 2.45) is 0 Å². The number of fused-ring (bicyclic) bond motifs is 2. The zero-order chi connectivity index (χ0) is 27.1. The van der Waals surface area contributed by atoms with Crippen LogP contribution in [-0.2, 0) is 0 Å². The first-order valence-electron chi connectivity index (χ1n) is 13.7. The molecule has 0 N–H and O–H groups in total. The quantitative estimate of drug-likeness (QED) is 0.219. The summed E-state index contributed by atoms with van der Waals surface area (Å²) in [5.41, 5.74) is 10.4. The van der Waals surface area contributed by atoms with Crippen molar-refractivity contribution in [1.82, 2.24) is 9.97 Å². The summed E-state index contributed by atoms with van der Waals surface area (Å²) in [5, 5.41) is 5.05. The van der Waals surface area contributed by atoms with Crippen molar-refractivity contribution < 1.29 is 0 Å². The van der Waals surface area contributed by atoms with Crippen LogP contribution in [0.5, 0.6) is 0 Å². The standard InChI is InChI=1S/C38H28N2/c1-25-23-36(40-26(2)39-25)28-19-17-27(18-20-28)31-21-22-34-35(24-31)38(30-13-7-4-8-14-30)33-16-10-9-15-32(33)37(34)29-11-5-3-6-12-29/h3-24H,1-2H3. The molecule has 1 aromatic heterocycles. The summed E-state index contributed by atoms with van der Waals surface area (Å²) in [6.07, 6.45) is 0. The largest absolute Gasteiger partial charge is 0.239 e. The van der Waals surface area contributed by atoms with E-state index in [0.29, 0.717) is 0 Å². The molecular formula is C38H28N2. The predicted octanol–water partition coefficient (Wildman–Crippen LogP) is 10.1. The lowest BCUT2D eigenvalue weighted by atomic mass is 9.85. The van der Waals surface area contributed by atoms with Crippen LogP contribution >= 0.6 is 0 Å². The normalized spacial score (nSPS) is 11.2. The molecule has 2 nitrogen and oxygen atoms in total. The molecule has 2 heteroatoms. The number of benzene rings is 6. The van der Waals surface area contributed by atoms with Crippen LogP contribution in [-0.4, -0.2) is 9.97 Å². The minimum atomic E-state index is 0.795. The molecule has 0 bridgehead atoms. The lowest BCUT2D eigenvalue weighted by molar-refractivity contribution is 1.02. The second-order valence-electron chi connectivity index (χ2n) is 10.3. The lowest BCUT2D eigenvalue weighted by Gasteiger charge is -2.18. The summed E-state index contributed by atoms with van der Waals surface area (Å²) in [7, 11) is 0. The minimum Gasteiger partial charge on any atom is -0.239 e. The highest BCUT2D eigenvalue weighted by Crippen LogP contribution is 2.44. The number of hydrogen-bond acceptors (Lipinski definition) is 2. The van der Waals surface area contributed by atoms with Crippen molar-refractivity contribution in [3.8, 4) is 44.6 Å². The van der Waals surface area contributed by atoms with E-state index in [0.717, 1.165) is 22.8 Å². The second-order valence-corrected chi connectivity index (χ2v) is 10.3. The Labute approximate surface area is 234 Å². The van der Waals surface area contributed by atoms with Gasteiger partial charge in [0, 0.05) is 11.3 Å². The van der Waals surface area contributed by atoms with E-state index in [1.807, 2.05) is 19.9 Å². The van der Waals surface area contributed by atoms with Crippen LogP contribution in [0.15, 0.2) is 133 Å². The van der Waals surface area contributed by atoms with Crippen LogP contribution in [0, 0.1) is 13.8 Å². The van der Waals surface area contributed by atoms with Gasteiger partial charge in [-0.05, 0) is 80.9 Å². The van der Waals surface area contributed by atoms with Crippen LogP contribution in [0.1, 0.15) is 11.5 Å². The zero-order valence-electron chi connectivity index (χ0n) is 22.6. The molecule has 7 aromatic rings. The van der Waals surface area contributed by atoms with Gasteiger partial charge in [-0.3, -0.25) is 0 Å². The molecule has 0 aliphatic carbocycles. The molecule has 0 spiro atoms. The molecule has 0 fully saturated rings. The van der Waals surface area contributed by atoms with Gasteiger partial charge in [0.1, 0.15) is 5.82 Å². The van der Waals surface area contributed by atoms with Gasteiger partial charge in [0.25, 0.3) is 0 Å². The number of rotatable bonds is 4. The van der Waals surface area contributed by atoms with Gasteiger partial charge < -0.3 is 0 Å². The molecule has 0 atom stereocenters. The molecule has 0 radical (unpaired) electrons. The first-order valence-corrected chi connectivity index (χ1v) is 13.7. The Morgan fingerprint density at radius 3 is 1.48 bits per heavy atom. The smallest absolute Gasteiger partial charge is 0.126 e. The van der Waals surface area contributed by atoms with Crippen molar-refractivity contribution in [3.05, 3.63) is 145 Å². The highest BCUT2D eigenvalue weighted by molar-refractivity contribution is 6.21. The van der Waals surface area contributed by atoms with Gasteiger partial charge in [0.05, 0.1) is 5.69 Å². The van der Waals surface area contributed by atoms with E-state index in [1.54, 1.807) is 0 Å². The fraction of sp³-hybridized carbons (Fsp3) is 0.0526. The number of nitrogens with zero attached hydrogens (tertiary/aromatic N) is 2. The predicted molar refractivity (Wildman–Crippen MR) is 168 cm³/mol. The number of hydrogen-bond donors (Lipinski definition) is 0. The first-order chi connectivity index (χ1) is 19.7. The Hall–Kier alpha value is -5.08. The Morgan fingerprint density at radius 1 is 0.375 bits per heavy atom. The Balaban J connectivity index is 1.47. The van der Waals surface area contributed by atoms with E-state index in [2.05, 4.69) is 137 Å². The van der Waals surface area contributed by atoms with Crippen molar-refractivity contribution in [2.75, 3.05) is 0 Å². The molecule has 40 heavy (non-hydrogen) atoms. The van der Waals surface area contributed by atoms with E-state index < -0.39 is 0 Å². The fourth-order valence-electron chi connectivity index (χ4n) is 5.89. The molecule has 190 valence electrons. The monoisotopic (exact) mass is 512 g/mol. The first kappa shape index (κ1) is 24.0. The minimum absolute atomic E-state index is 0.795. The lowest BCUT2D eigenvalue weighted by Crippen LogP contribution is -1.94. The van der Waals surface area contributed by atoms with Crippen molar-refractivity contribution >= 4 is 21.5 Å². The fourth-order valence-corrected chi connectivity index (χ4v) is 5.89. The van der Waals surface area contributed by atoms with Gasteiger partial charge in [-0.2, -0.15) is 0 Å². The van der Waals surface area contributed by atoms with Crippen LogP contribution < -0.4 is 0 Å². The van der Waals surface area contributed by atoms with E-state index in [9.17, 15) is 0 Å². The highest BCUT2D eigenvalue weighted by Gasteiger charge is 2.17. The highest BCUT2D eigenvalue weighted by atomic mass is 14.9. The Bertz CT molecular complexity index is 1970. The molecule has 0 aliphatic rings. The van der Waals surface area contributed by atoms with E-state index in [4.69, 9.17) is 0 Å². The molecule has 6 aromatic carbocycles. The van der Waals surface area contributed by atoms with Crippen molar-refractivity contribution in [1.29, 1.82) is 0 Å². The zero-order valence-corrected chi connectivity index (χ0v) is 22.6. The summed E-state index contributed by atoms with van der Waals surface area (Å²) in [6.45, 7) is 3.96. The van der Waals surface area contributed by atoms with Crippen LogP contribution in [0.2, 0.25) is 0 Å². The van der Waals surface area contributed by atoms with Crippen LogP contribution in [0.25, 0.3) is 66.2 Å². The molecular weight excluding hydrogens is 484 g/mol. The van der Waals surface area contributed by atoms with Crippen LogP contribution in [0.4, 0.5) is 0 Å². The number of aryl methyl sites for hydroxylation is 2. The van der Waals surface area contributed by atoms with Crippen molar-refractivity contribution in [3.63, 3.8) is 0 Å². The average Bonchev–Trinajstić information content (AvgIpc) is 3.00. The molecule has 0 amide bonds. The molecule has 0 saturated heterocycles. The van der Waals surface area contributed by atoms with Gasteiger partial charge in [0.2, 0.25) is 0 Å². The average molecular weight is 513 g/mol. The third kappa shape index (κ3) is 4.24. The Morgan fingerprint density at radius 2 is 0.875 bits per heavy atom. The third-order valence-corrected chi connectivity index (χ3v) is 7.63. The summed E-state index contributed by atoms with van der Waals surface area (Å²) < 4.78 is 0. The van der Waals surface area contributed by atoms with Gasteiger partial charge in [0.15, 0.2) is 0 Å². The summed E-state index contributed by atoms with van der Waals surface area (Å²) in [4.78, 5) is 9.08. The molecule has 7 rings (SSSR count). The molecule has 1 heterocycles. The topological polar surface area (TPSA) is 25.8 Å². The maximum Gasteiger partial charge on any atom is 0.126 e. The van der Waals surface area contributed by atoms with E-state index in [-0.39, 0.29) is 0 Å². The number of aromatic nitrogens is 2. The Kier molecular flexibility index (Phi) is 5.94. The van der Waals surface area contributed by atoms with Gasteiger partial charge >= 0.3 is 0 Å². The van der Waals surface area contributed by atoms with E-state index in [1.165, 1.54) is 54.9 Å². The van der Waals surface area contributed by atoms with Gasteiger partial charge in [-0.1, -0.05) is 121 Å². The summed E-state index contributed by atoms with van der Waals surface area (Å²) >= 11 is 0.